The summed E-state index contributed by atoms with van der Waals surface area (Å²) in [6.07, 6.45) is 2.30. The second-order valence-electron chi connectivity index (χ2n) is 8.15. The van der Waals surface area contributed by atoms with E-state index >= 15 is 0 Å². The molecule has 6 nitrogen and oxygen atoms in total. The number of rotatable bonds is 9. The first kappa shape index (κ1) is 24.2. The molecule has 0 saturated heterocycles. The lowest BCUT2D eigenvalue weighted by Gasteiger charge is -2.18. The van der Waals surface area contributed by atoms with Gasteiger partial charge in [-0.1, -0.05) is 54.1 Å². The third-order valence-electron chi connectivity index (χ3n) is 5.87. The molecule has 0 radical (unpaired) electrons. The van der Waals surface area contributed by atoms with E-state index < -0.39 is 6.04 Å². The molecular formula is C28H25ClN4O2. The Balaban J connectivity index is 1.57. The highest BCUT2D eigenvalue weighted by molar-refractivity contribution is 6.31. The number of hydrogen-bond acceptors (Lipinski definition) is 4. The smallest absolute Gasteiger partial charge is 0.251 e. The van der Waals surface area contributed by atoms with Crippen molar-refractivity contribution in [3.8, 4) is 6.07 Å². The SMILES string of the molecule is CCNC(=O)c1ccc2c(C(=O)[C@H](NCCc3ccc(C#N)cc3Cl)c3ccccc3)c[nH]c2c1. The number of nitrogens with zero attached hydrogens (tertiary/aromatic N) is 1. The van der Waals surface area contributed by atoms with Crippen molar-refractivity contribution in [2.75, 3.05) is 13.1 Å². The number of carbonyl (C=O) groups excluding carboxylic acids is 2. The van der Waals surface area contributed by atoms with E-state index in [0.717, 1.165) is 22.0 Å². The average Bonchev–Trinajstić information content (AvgIpc) is 3.31. The van der Waals surface area contributed by atoms with Gasteiger partial charge in [0.1, 0.15) is 0 Å². The Hall–Kier alpha value is -3.92. The first-order valence-corrected chi connectivity index (χ1v) is 11.8. The summed E-state index contributed by atoms with van der Waals surface area (Å²) in [6, 6.07) is 21.6. The Morgan fingerprint density at radius 3 is 2.60 bits per heavy atom. The molecule has 4 aromatic rings. The highest BCUT2D eigenvalue weighted by Gasteiger charge is 2.24. The second kappa shape index (κ2) is 11.0. The van der Waals surface area contributed by atoms with Crippen LogP contribution in [0.25, 0.3) is 10.9 Å². The number of benzene rings is 3. The molecule has 0 fully saturated rings. The maximum atomic E-state index is 13.7. The maximum absolute atomic E-state index is 13.7. The molecule has 0 unspecified atom stereocenters. The van der Waals surface area contributed by atoms with Gasteiger partial charge < -0.3 is 15.6 Å². The Morgan fingerprint density at radius 1 is 1.09 bits per heavy atom. The lowest BCUT2D eigenvalue weighted by atomic mass is 9.96. The van der Waals surface area contributed by atoms with E-state index in [1.807, 2.05) is 49.4 Å². The highest BCUT2D eigenvalue weighted by atomic mass is 35.5. The molecule has 1 amide bonds. The van der Waals surface area contributed by atoms with Gasteiger partial charge in [-0.15, -0.1) is 0 Å². The number of aromatic amines is 1. The molecule has 0 spiro atoms. The van der Waals surface area contributed by atoms with Crippen molar-refractivity contribution in [3.63, 3.8) is 0 Å². The largest absolute Gasteiger partial charge is 0.360 e. The number of hydrogen-bond donors (Lipinski definition) is 3. The van der Waals surface area contributed by atoms with Crippen molar-refractivity contribution in [2.45, 2.75) is 19.4 Å². The number of H-pyrrole nitrogens is 1. The predicted octanol–water partition coefficient (Wildman–Crippen LogP) is 5.20. The van der Waals surface area contributed by atoms with Crippen LogP contribution in [0.5, 0.6) is 0 Å². The van der Waals surface area contributed by atoms with Gasteiger partial charge in [-0.05, 0) is 48.7 Å². The van der Waals surface area contributed by atoms with E-state index in [4.69, 9.17) is 16.9 Å². The van der Waals surface area contributed by atoms with Crippen LogP contribution in [-0.2, 0) is 6.42 Å². The molecule has 3 N–H and O–H groups in total. The van der Waals surface area contributed by atoms with Crippen molar-refractivity contribution in [1.82, 2.24) is 15.6 Å². The van der Waals surface area contributed by atoms with E-state index in [9.17, 15) is 9.59 Å². The van der Waals surface area contributed by atoms with E-state index in [1.165, 1.54) is 0 Å². The zero-order chi connectivity index (χ0) is 24.8. The number of ketones is 1. The van der Waals surface area contributed by atoms with E-state index in [-0.39, 0.29) is 11.7 Å². The number of nitriles is 1. The van der Waals surface area contributed by atoms with Crippen LogP contribution in [0.3, 0.4) is 0 Å². The number of aromatic nitrogens is 1. The molecule has 3 aromatic carbocycles. The monoisotopic (exact) mass is 484 g/mol. The molecule has 7 heteroatoms. The van der Waals surface area contributed by atoms with Crippen LogP contribution in [0.4, 0.5) is 0 Å². The molecule has 1 heterocycles. The summed E-state index contributed by atoms with van der Waals surface area (Å²) in [5, 5.41) is 16.5. The van der Waals surface area contributed by atoms with Gasteiger partial charge in [0.15, 0.2) is 5.78 Å². The van der Waals surface area contributed by atoms with Crippen molar-refractivity contribution in [3.05, 3.63) is 106 Å². The van der Waals surface area contributed by atoms with Gasteiger partial charge >= 0.3 is 0 Å². The topological polar surface area (TPSA) is 97.8 Å². The van der Waals surface area contributed by atoms with Gasteiger partial charge in [-0.2, -0.15) is 5.26 Å². The number of fused-ring (bicyclic) bond motifs is 1. The van der Waals surface area contributed by atoms with Crippen LogP contribution in [0.15, 0.2) is 72.9 Å². The van der Waals surface area contributed by atoms with Crippen LogP contribution in [0.2, 0.25) is 5.02 Å². The predicted molar refractivity (Wildman–Crippen MR) is 138 cm³/mol. The van der Waals surface area contributed by atoms with Crippen LogP contribution < -0.4 is 10.6 Å². The molecule has 4 rings (SSSR count). The Kier molecular flexibility index (Phi) is 7.61. The van der Waals surface area contributed by atoms with E-state index in [1.54, 1.807) is 30.5 Å². The molecule has 35 heavy (non-hydrogen) atoms. The summed E-state index contributed by atoms with van der Waals surface area (Å²) in [5.41, 5.74) is 4.10. The Labute approximate surface area is 208 Å². The fraction of sp³-hybridized carbons (Fsp3) is 0.179. The molecule has 176 valence electrons. The van der Waals surface area contributed by atoms with Gasteiger partial charge in [-0.25, -0.2) is 0 Å². The number of Topliss-reactive ketones (excluding diaryl/α,β-unsaturated/α-hetero) is 1. The first-order chi connectivity index (χ1) is 17.0. The zero-order valence-electron chi connectivity index (χ0n) is 19.3. The lowest BCUT2D eigenvalue weighted by Crippen LogP contribution is -2.30. The Morgan fingerprint density at radius 2 is 1.89 bits per heavy atom. The van der Waals surface area contributed by atoms with Crippen molar-refractivity contribution < 1.29 is 9.59 Å². The fourth-order valence-corrected chi connectivity index (χ4v) is 4.34. The van der Waals surface area contributed by atoms with Gasteiger partial charge in [0.25, 0.3) is 5.91 Å². The Bertz CT molecular complexity index is 1410. The fourth-order valence-electron chi connectivity index (χ4n) is 4.07. The normalized spacial score (nSPS) is 11.7. The van der Waals surface area contributed by atoms with Crippen molar-refractivity contribution >= 4 is 34.2 Å². The van der Waals surface area contributed by atoms with Crippen LogP contribution in [0.1, 0.15) is 50.4 Å². The molecule has 1 aromatic heterocycles. The number of halogens is 1. The molecular weight excluding hydrogens is 460 g/mol. The van der Waals surface area contributed by atoms with Gasteiger partial charge in [0.2, 0.25) is 0 Å². The molecule has 0 aliphatic heterocycles. The summed E-state index contributed by atoms with van der Waals surface area (Å²) in [7, 11) is 0. The van der Waals surface area contributed by atoms with Gasteiger partial charge in [-0.3, -0.25) is 9.59 Å². The van der Waals surface area contributed by atoms with E-state index in [2.05, 4.69) is 21.7 Å². The summed E-state index contributed by atoms with van der Waals surface area (Å²) in [6.45, 7) is 2.93. The first-order valence-electron chi connectivity index (χ1n) is 11.4. The van der Waals surface area contributed by atoms with Gasteiger partial charge in [0.05, 0.1) is 17.7 Å². The standard InChI is InChI=1S/C28H25ClN4O2/c1-2-31-28(35)21-10-11-22-23(17-33-25(22)15-21)27(34)26(20-6-4-3-5-7-20)32-13-12-19-9-8-18(16-30)14-24(19)29/h3-11,14-15,17,26,32-33H,2,12-13H2,1H3,(H,31,35)/t26-/m1/s1. The maximum Gasteiger partial charge on any atom is 0.251 e. The minimum absolute atomic E-state index is 0.0702. The van der Waals surface area contributed by atoms with Crippen molar-refractivity contribution in [1.29, 1.82) is 5.26 Å². The summed E-state index contributed by atoms with van der Waals surface area (Å²) >= 11 is 6.33. The quantitative estimate of drug-likeness (QED) is 0.284. The second-order valence-corrected chi connectivity index (χ2v) is 8.56. The average molecular weight is 485 g/mol. The molecule has 1 atom stereocenters. The molecule has 0 bridgehead atoms. The minimum Gasteiger partial charge on any atom is -0.360 e. The summed E-state index contributed by atoms with van der Waals surface area (Å²) in [4.78, 5) is 29.0. The lowest BCUT2D eigenvalue weighted by molar-refractivity contribution is 0.0941. The number of amides is 1. The minimum atomic E-state index is -0.560. The summed E-state index contributed by atoms with van der Waals surface area (Å²) < 4.78 is 0. The van der Waals surface area contributed by atoms with Crippen molar-refractivity contribution in [2.24, 2.45) is 0 Å². The number of nitrogens with one attached hydrogen (secondary N) is 3. The van der Waals surface area contributed by atoms with Crippen LogP contribution in [0, 0.1) is 11.3 Å². The van der Waals surface area contributed by atoms with E-state index in [0.29, 0.717) is 41.2 Å². The molecule has 0 aliphatic carbocycles. The molecule has 0 saturated carbocycles. The molecule has 0 aliphatic rings. The van der Waals surface area contributed by atoms with Crippen LogP contribution in [-0.4, -0.2) is 29.8 Å². The summed E-state index contributed by atoms with van der Waals surface area (Å²) in [5.74, 6) is -0.221. The number of carbonyl (C=O) groups is 2. The third-order valence-corrected chi connectivity index (χ3v) is 6.22. The van der Waals surface area contributed by atoms with Crippen LogP contribution >= 0.6 is 11.6 Å². The van der Waals surface area contributed by atoms with Gasteiger partial charge in [0, 0.05) is 46.3 Å². The third kappa shape index (κ3) is 5.43. The zero-order valence-corrected chi connectivity index (χ0v) is 20.0. The highest BCUT2D eigenvalue weighted by Crippen LogP contribution is 2.26.